The molecule has 1 saturated heterocycles. The van der Waals surface area contributed by atoms with Gasteiger partial charge in [-0.3, -0.25) is 10.4 Å². The number of nitrogens with two attached hydrogens (primary N) is 2. The SMILES string of the molecule is N=C(N)SC(N)=NC1CCN(c2nccnn2)C1. The first-order valence-electron chi connectivity index (χ1n) is 5.39. The second-order valence-electron chi connectivity index (χ2n) is 3.76. The van der Waals surface area contributed by atoms with Crippen molar-refractivity contribution in [3.8, 4) is 0 Å². The van der Waals surface area contributed by atoms with Crippen molar-refractivity contribution in [3.63, 3.8) is 0 Å². The van der Waals surface area contributed by atoms with E-state index in [4.69, 9.17) is 16.9 Å². The van der Waals surface area contributed by atoms with E-state index in [2.05, 4.69) is 20.2 Å². The van der Waals surface area contributed by atoms with E-state index in [0.717, 1.165) is 24.7 Å². The fourth-order valence-electron chi connectivity index (χ4n) is 1.73. The smallest absolute Gasteiger partial charge is 0.245 e. The molecule has 5 N–H and O–H groups in total. The third-order valence-electron chi connectivity index (χ3n) is 2.44. The zero-order valence-corrected chi connectivity index (χ0v) is 10.5. The van der Waals surface area contributed by atoms with Gasteiger partial charge in [0, 0.05) is 13.1 Å². The minimum absolute atomic E-state index is 0.0540. The summed E-state index contributed by atoms with van der Waals surface area (Å²) in [6, 6.07) is 0.0839. The van der Waals surface area contributed by atoms with Crippen LogP contribution in [-0.2, 0) is 0 Å². The van der Waals surface area contributed by atoms with Crippen molar-refractivity contribution in [2.24, 2.45) is 16.5 Å². The lowest BCUT2D eigenvalue weighted by Crippen LogP contribution is -2.24. The van der Waals surface area contributed by atoms with Gasteiger partial charge in [0.25, 0.3) is 0 Å². The van der Waals surface area contributed by atoms with Crippen LogP contribution in [0.4, 0.5) is 5.95 Å². The van der Waals surface area contributed by atoms with Crippen molar-refractivity contribution in [2.75, 3.05) is 18.0 Å². The Kier molecular flexibility index (Phi) is 3.92. The van der Waals surface area contributed by atoms with E-state index in [0.29, 0.717) is 17.7 Å². The number of anilines is 1. The van der Waals surface area contributed by atoms with Crippen molar-refractivity contribution in [3.05, 3.63) is 12.4 Å². The molecule has 9 heteroatoms. The van der Waals surface area contributed by atoms with Crippen LogP contribution in [-0.4, -0.2) is 44.6 Å². The Morgan fingerprint density at radius 2 is 2.33 bits per heavy atom. The highest BCUT2D eigenvalue weighted by molar-refractivity contribution is 8.26. The molecule has 8 nitrogen and oxygen atoms in total. The third kappa shape index (κ3) is 3.29. The Morgan fingerprint density at radius 3 is 3.00 bits per heavy atom. The number of aliphatic imine (C=N–C) groups is 1. The molecule has 1 aliphatic heterocycles. The molecule has 0 aromatic carbocycles. The number of hydrogen-bond acceptors (Lipinski definition) is 7. The molecule has 1 aromatic heterocycles. The average Bonchev–Trinajstić information content (AvgIpc) is 2.77. The maximum Gasteiger partial charge on any atom is 0.245 e. The molecule has 2 rings (SSSR count). The Morgan fingerprint density at radius 1 is 1.50 bits per heavy atom. The Labute approximate surface area is 108 Å². The maximum absolute atomic E-state index is 7.11. The van der Waals surface area contributed by atoms with Gasteiger partial charge in [0.05, 0.1) is 18.4 Å². The van der Waals surface area contributed by atoms with Crippen LogP contribution in [0.1, 0.15) is 6.42 Å². The number of thioether (sulfide) groups is 1. The van der Waals surface area contributed by atoms with E-state index in [1.165, 1.54) is 6.20 Å². The summed E-state index contributed by atoms with van der Waals surface area (Å²) in [5.41, 5.74) is 10.9. The van der Waals surface area contributed by atoms with Crippen LogP contribution in [0.5, 0.6) is 0 Å². The predicted octanol–water partition coefficient (Wildman–Crippen LogP) is -0.608. The first-order valence-corrected chi connectivity index (χ1v) is 6.20. The normalized spacial score (nSPS) is 20.1. The molecule has 0 spiro atoms. The molecule has 1 aromatic rings. The van der Waals surface area contributed by atoms with Crippen molar-refractivity contribution >= 4 is 28.0 Å². The molecule has 0 amide bonds. The highest BCUT2D eigenvalue weighted by atomic mass is 32.2. The highest BCUT2D eigenvalue weighted by Gasteiger charge is 2.24. The van der Waals surface area contributed by atoms with Gasteiger partial charge in [-0.2, -0.15) is 5.10 Å². The lowest BCUT2D eigenvalue weighted by molar-refractivity contribution is 0.752. The quantitative estimate of drug-likeness (QED) is 0.481. The van der Waals surface area contributed by atoms with Crippen molar-refractivity contribution in [1.82, 2.24) is 15.2 Å². The largest absolute Gasteiger partial charge is 0.378 e. The first kappa shape index (κ1) is 12.6. The van der Waals surface area contributed by atoms with Crippen molar-refractivity contribution in [2.45, 2.75) is 12.5 Å². The van der Waals surface area contributed by atoms with Crippen LogP contribution in [0.15, 0.2) is 17.4 Å². The molecule has 0 bridgehead atoms. The number of hydrogen-bond donors (Lipinski definition) is 3. The number of rotatable bonds is 2. The van der Waals surface area contributed by atoms with Crippen LogP contribution in [0.25, 0.3) is 0 Å². The van der Waals surface area contributed by atoms with Gasteiger partial charge < -0.3 is 16.4 Å². The summed E-state index contributed by atoms with van der Waals surface area (Å²) < 4.78 is 0. The molecule has 0 saturated carbocycles. The topological polar surface area (TPSA) is 130 Å². The van der Waals surface area contributed by atoms with Gasteiger partial charge in [0.15, 0.2) is 10.3 Å². The molecule has 96 valence electrons. The standard InChI is InChI=1S/C9H14N8S/c10-7(11)18-8(12)15-6-1-4-17(5-6)9-13-2-3-14-16-9/h2-3,6H,1,4-5H2,(H3,10,11)(H2,12,15). The number of aromatic nitrogens is 3. The molecule has 1 unspecified atom stereocenters. The summed E-state index contributed by atoms with van der Waals surface area (Å²) in [4.78, 5) is 10.5. The number of nitrogens with one attached hydrogen (secondary N) is 1. The van der Waals surface area contributed by atoms with Gasteiger partial charge in [-0.1, -0.05) is 0 Å². The monoisotopic (exact) mass is 266 g/mol. The Bertz CT molecular complexity index is 447. The van der Waals surface area contributed by atoms with E-state index in [1.807, 2.05) is 4.90 Å². The van der Waals surface area contributed by atoms with E-state index in [-0.39, 0.29) is 11.2 Å². The summed E-state index contributed by atoms with van der Waals surface area (Å²) >= 11 is 0.965. The summed E-state index contributed by atoms with van der Waals surface area (Å²) in [7, 11) is 0. The van der Waals surface area contributed by atoms with E-state index < -0.39 is 0 Å². The lowest BCUT2D eigenvalue weighted by atomic mass is 10.3. The van der Waals surface area contributed by atoms with Crippen LogP contribution in [0.2, 0.25) is 0 Å². The van der Waals surface area contributed by atoms with E-state index in [1.54, 1.807) is 6.20 Å². The van der Waals surface area contributed by atoms with Gasteiger partial charge in [0.1, 0.15) is 0 Å². The lowest BCUT2D eigenvalue weighted by Gasteiger charge is -2.13. The molecule has 1 fully saturated rings. The van der Waals surface area contributed by atoms with Crippen LogP contribution in [0.3, 0.4) is 0 Å². The van der Waals surface area contributed by atoms with Crippen molar-refractivity contribution < 1.29 is 0 Å². The van der Waals surface area contributed by atoms with E-state index >= 15 is 0 Å². The van der Waals surface area contributed by atoms with Crippen LogP contribution < -0.4 is 16.4 Å². The zero-order valence-electron chi connectivity index (χ0n) is 9.65. The second kappa shape index (κ2) is 5.63. The summed E-state index contributed by atoms with van der Waals surface area (Å²) in [6.07, 6.45) is 4.02. The Hall–Kier alpha value is -1.90. The van der Waals surface area contributed by atoms with Crippen LogP contribution >= 0.6 is 11.8 Å². The predicted molar refractivity (Wildman–Crippen MR) is 71.6 cm³/mol. The fraction of sp³-hybridized carbons (Fsp3) is 0.444. The van der Waals surface area contributed by atoms with Gasteiger partial charge >= 0.3 is 0 Å². The molecular formula is C9H14N8S. The minimum atomic E-state index is -0.0540. The van der Waals surface area contributed by atoms with Crippen LogP contribution in [0, 0.1) is 5.41 Å². The molecular weight excluding hydrogens is 252 g/mol. The number of nitrogens with zero attached hydrogens (tertiary/aromatic N) is 5. The summed E-state index contributed by atoms with van der Waals surface area (Å²) in [6.45, 7) is 1.52. The maximum atomic E-state index is 7.11. The Balaban J connectivity index is 1.95. The molecule has 0 aliphatic carbocycles. The average molecular weight is 266 g/mol. The van der Waals surface area contributed by atoms with Gasteiger partial charge in [-0.25, -0.2) is 4.98 Å². The fourth-order valence-corrected chi connectivity index (χ4v) is 2.16. The van der Waals surface area contributed by atoms with Crippen molar-refractivity contribution in [1.29, 1.82) is 5.41 Å². The summed E-state index contributed by atoms with van der Waals surface area (Å²) in [5.74, 6) is 0.605. The molecule has 1 aliphatic rings. The highest BCUT2D eigenvalue weighted by Crippen LogP contribution is 2.17. The number of amidine groups is 2. The first-order chi connectivity index (χ1) is 8.65. The van der Waals surface area contributed by atoms with Gasteiger partial charge in [0.2, 0.25) is 5.95 Å². The molecule has 0 radical (unpaired) electrons. The molecule has 2 heterocycles. The molecule has 1 atom stereocenters. The zero-order chi connectivity index (χ0) is 13.0. The molecule has 18 heavy (non-hydrogen) atoms. The second-order valence-corrected chi connectivity index (χ2v) is 4.83. The van der Waals surface area contributed by atoms with E-state index in [9.17, 15) is 0 Å². The van der Waals surface area contributed by atoms with Gasteiger partial charge in [-0.15, -0.1) is 5.10 Å². The summed E-state index contributed by atoms with van der Waals surface area (Å²) in [5, 5.41) is 15.1. The van der Waals surface area contributed by atoms with Gasteiger partial charge in [-0.05, 0) is 18.2 Å². The minimum Gasteiger partial charge on any atom is -0.378 e. The third-order valence-corrected chi connectivity index (χ3v) is 2.98.